The van der Waals surface area contributed by atoms with Gasteiger partial charge in [-0.15, -0.1) is 0 Å². The number of carboxylic acid groups (broad SMARTS) is 1. The molecule has 0 unspecified atom stereocenters. The number of nitrogens with two attached hydrogens (primary N) is 1. The van der Waals surface area contributed by atoms with Gasteiger partial charge < -0.3 is 10.8 Å². The van der Waals surface area contributed by atoms with Gasteiger partial charge in [0.25, 0.3) is 0 Å². The number of aromatic nitrogens is 2. The molecule has 4 aromatic rings. The van der Waals surface area contributed by atoms with Crippen molar-refractivity contribution in [1.29, 1.82) is 0 Å². The molecule has 3 N–H and O–H groups in total. The van der Waals surface area contributed by atoms with Crippen molar-refractivity contribution >= 4 is 23.4 Å². The highest BCUT2D eigenvalue weighted by Crippen LogP contribution is 2.38. The first kappa shape index (κ1) is 25.3. The molecule has 0 atom stereocenters. The molecule has 0 spiro atoms. The molecule has 186 valence electrons. The standard InChI is InChI=1S/C26H21F4N3O2S/c1-26(2,15-3-8-19(28)22(31)11-15)23-12-32-25(33(23)17-6-4-16(27)5-7-17)36-13-18-20(29)9-14(24(34)35)10-21(18)30/h3-12H,13,31H2,1-2H3,(H,34,35). The summed E-state index contributed by atoms with van der Waals surface area (Å²) in [4.78, 5) is 15.5. The molecule has 0 fully saturated rings. The predicted octanol–water partition coefficient (Wildman–Crippen LogP) is 6.33. The van der Waals surface area contributed by atoms with E-state index in [0.29, 0.717) is 22.1 Å². The number of thioether (sulfide) groups is 1. The zero-order valence-electron chi connectivity index (χ0n) is 19.2. The van der Waals surface area contributed by atoms with Crippen LogP contribution in [-0.4, -0.2) is 20.6 Å². The zero-order chi connectivity index (χ0) is 26.2. The lowest BCUT2D eigenvalue weighted by atomic mass is 9.81. The van der Waals surface area contributed by atoms with E-state index in [4.69, 9.17) is 10.8 Å². The number of carbonyl (C=O) groups is 1. The second-order valence-corrected chi connectivity index (χ2v) is 9.55. The molecule has 1 heterocycles. The van der Waals surface area contributed by atoms with Gasteiger partial charge in [0.05, 0.1) is 23.1 Å². The first-order chi connectivity index (χ1) is 17.0. The van der Waals surface area contributed by atoms with Crippen molar-refractivity contribution < 1.29 is 27.5 Å². The Labute approximate surface area is 208 Å². The molecule has 0 radical (unpaired) electrons. The van der Waals surface area contributed by atoms with Crippen LogP contribution in [0, 0.1) is 23.3 Å². The van der Waals surface area contributed by atoms with E-state index in [0.717, 1.165) is 23.9 Å². The average Bonchev–Trinajstić information content (AvgIpc) is 3.25. The number of hydrogen-bond donors (Lipinski definition) is 2. The Morgan fingerprint density at radius 3 is 2.22 bits per heavy atom. The van der Waals surface area contributed by atoms with E-state index in [1.54, 1.807) is 29.0 Å². The highest BCUT2D eigenvalue weighted by Gasteiger charge is 2.30. The fourth-order valence-electron chi connectivity index (χ4n) is 3.80. The zero-order valence-corrected chi connectivity index (χ0v) is 20.0. The maximum absolute atomic E-state index is 14.5. The van der Waals surface area contributed by atoms with Crippen LogP contribution in [0.15, 0.2) is 66.0 Å². The summed E-state index contributed by atoms with van der Waals surface area (Å²) in [5.74, 6) is -4.57. The van der Waals surface area contributed by atoms with Crippen molar-refractivity contribution in [2.24, 2.45) is 0 Å². The van der Waals surface area contributed by atoms with Gasteiger partial charge in [0.1, 0.15) is 23.3 Å². The number of hydrogen-bond acceptors (Lipinski definition) is 4. The third-order valence-corrected chi connectivity index (χ3v) is 6.89. The molecule has 0 saturated heterocycles. The number of nitrogen functional groups attached to an aromatic ring is 1. The Bertz CT molecular complexity index is 1430. The molecule has 0 aliphatic rings. The van der Waals surface area contributed by atoms with E-state index >= 15 is 0 Å². The van der Waals surface area contributed by atoms with E-state index in [1.165, 1.54) is 24.3 Å². The van der Waals surface area contributed by atoms with Gasteiger partial charge in [0, 0.05) is 22.4 Å². The average molecular weight is 516 g/mol. The van der Waals surface area contributed by atoms with Gasteiger partial charge in [-0.25, -0.2) is 27.3 Å². The minimum absolute atomic E-state index is 0.0150. The van der Waals surface area contributed by atoms with Crippen LogP contribution in [0.25, 0.3) is 5.69 Å². The fraction of sp³-hybridized carbons (Fsp3) is 0.154. The van der Waals surface area contributed by atoms with Crippen LogP contribution in [0.1, 0.15) is 41.0 Å². The van der Waals surface area contributed by atoms with Crippen LogP contribution in [0.3, 0.4) is 0 Å². The van der Waals surface area contributed by atoms with E-state index < -0.39 is 40.2 Å². The van der Waals surface area contributed by atoms with Crippen LogP contribution >= 0.6 is 11.8 Å². The Hall–Kier alpha value is -3.79. The number of halogens is 4. The lowest BCUT2D eigenvalue weighted by Crippen LogP contribution is -2.23. The Kier molecular flexibility index (Phi) is 6.81. The minimum Gasteiger partial charge on any atom is -0.478 e. The molecule has 0 saturated carbocycles. The van der Waals surface area contributed by atoms with Crippen molar-refractivity contribution in [3.8, 4) is 5.69 Å². The van der Waals surface area contributed by atoms with E-state index in [2.05, 4.69) is 4.98 Å². The number of benzene rings is 3. The summed E-state index contributed by atoms with van der Waals surface area (Å²) < 4.78 is 58.2. The normalized spacial score (nSPS) is 11.6. The van der Waals surface area contributed by atoms with Gasteiger partial charge in [-0.1, -0.05) is 31.7 Å². The monoisotopic (exact) mass is 515 g/mol. The lowest BCUT2D eigenvalue weighted by Gasteiger charge is -2.28. The number of anilines is 1. The van der Waals surface area contributed by atoms with Crippen LogP contribution < -0.4 is 5.73 Å². The number of imidazole rings is 1. The molecule has 1 aromatic heterocycles. The van der Waals surface area contributed by atoms with E-state index in [-0.39, 0.29) is 17.0 Å². The molecule has 5 nitrogen and oxygen atoms in total. The van der Waals surface area contributed by atoms with E-state index in [1.807, 2.05) is 13.8 Å². The summed E-state index contributed by atoms with van der Waals surface area (Å²) in [7, 11) is 0. The smallest absolute Gasteiger partial charge is 0.335 e. The third-order valence-electron chi connectivity index (χ3n) is 5.91. The van der Waals surface area contributed by atoms with Crippen LogP contribution in [-0.2, 0) is 11.2 Å². The number of rotatable bonds is 7. The first-order valence-corrected chi connectivity index (χ1v) is 11.7. The van der Waals surface area contributed by atoms with Gasteiger partial charge in [-0.05, 0) is 54.1 Å². The molecule has 3 aromatic carbocycles. The number of carboxylic acids is 1. The first-order valence-electron chi connectivity index (χ1n) is 10.7. The second-order valence-electron chi connectivity index (χ2n) is 8.61. The van der Waals surface area contributed by atoms with Gasteiger partial charge in [-0.2, -0.15) is 0 Å². The van der Waals surface area contributed by atoms with Crippen molar-refractivity contribution in [3.63, 3.8) is 0 Å². The largest absolute Gasteiger partial charge is 0.478 e. The van der Waals surface area contributed by atoms with Gasteiger partial charge in [-0.3, -0.25) is 4.57 Å². The summed E-state index contributed by atoms with van der Waals surface area (Å²) in [6, 6.07) is 11.6. The lowest BCUT2D eigenvalue weighted by molar-refractivity contribution is 0.0695. The highest BCUT2D eigenvalue weighted by molar-refractivity contribution is 7.98. The second kappa shape index (κ2) is 9.69. The van der Waals surface area contributed by atoms with E-state index in [9.17, 15) is 22.4 Å². The van der Waals surface area contributed by atoms with Crippen molar-refractivity contribution in [2.75, 3.05) is 5.73 Å². The molecule has 0 aliphatic carbocycles. The molecule has 0 amide bonds. The topological polar surface area (TPSA) is 81.1 Å². The molecular formula is C26H21F4N3O2S. The molecule has 36 heavy (non-hydrogen) atoms. The molecular weight excluding hydrogens is 494 g/mol. The van der Waals surface area contributed by atoms with Crippen LogP contribution in [0.2, 0.25) is 0 Å². The summed E-state index contributed by atoms with van der Waals surface area (Å²) in [5, 5.41) is 9.37. The maximum Gasteiger partial charge on any atom is 0.335 e. The Morgan fingerprint density at radius 1 is 1.00 bits per heavy atom. The summed E-state index contributed by atoms with van der Waals surface area (Å²) in [6.07, 6.45) is 1.59. The molecule has 0 aliphatic heterocycles. The summed E-state index contributed by atoms with van der Waals surface area (Å²) in [6.45, 7) is 3.77. The fourth-order valence-corrected chi connectivity index (χ4v) is 4.81. The maximum atomic E-state index is 14.5. The van der Waals surface area contributed by atoms with Crippen molar-refractivity contribution in [1.82, 2.24) is 9.55 Å². The highest BCUT2D eigenvalue weighted by atomic mass is 32.2. The van der Waals surface area contributed by atoms with Gasteiger partial charge >= 0.3 is 5.97 Å². The van der Waals surface area contributed by atoms with Crippen molar-refractivity contribution in [2.45, 2.75) is 30.2 Å². The third kappa shape index (κ3) is 4.81. The SMILES string of the molecule is CC(C)(c1ccc(F)c(N)c1)c1cnc(SCc2c(F)cc(C(=O)O)cc2F)n1-c1ccc(F)cc1. The Morgan fingerprint density at radius 2 is 1.64 bits per heavy atom. The number of nitrogens with zero attached hydrogens (tertiary/aromatic N) is 2. The quantitative estimate of drug-likeness (QED) is 0.171. The summed E-state index contributed by atoms with van der Waals surface area (Å²) >= 11 is 1.03. The number of aromatic carboxylic acids is 1. The van der Waals surface area contributed by atoms with Crippen LogP contribution in [0.4, 0.5) is 23.2 Å². The minimum atomic E-state index is -1.44. The molecule has 4 rings (SSSR count). The van der Waals surface area contributed by atoms with Gasteiger partial charge in [0.2, 0.25) is 0 Å². The van der Waals surface area contributed by atoms with Crippen LogP contribution in [0.5, 0.6) is 0 Å². The Balaban J connectivity index is 1.77. The molecule has 0 bridgehead atoms. The summed E-state index contributed by atoms with van der Waals surface area (Å²) in [5.41, 5.74) is 6.12. The van der Waals surface area contributed by atoms with Gasteiger partial charge in [0.15, 0.2) is 5.16 Å². The molecule has 10 heteroatoms. The predicted molar refractivity (Wildman–Crippen MR) is 129 cm³/mol. The van der Waals surface area contributed by atoms with Crippen molar-refractivity contribution in [3.05, 3.63) is 106 Å².